The molecule has 0 saturated heterocycles. The first-order valence-corrected chi connectivity index (χ1v) is 8.10. The van der Waals surface area contributed by atoms with E-state index in [2.05, 4.69) is 5.32 Å². The quantitative estimate of drug-likeness (QED) is 0.800. The summed E-state index contributed by atoms with van der Waals surface area (Å²) in [6.07, 6.45) is -1.19. The number of carbonyl (C=O) groups is 2. The summed E-state index contributed by atoms with van der Waals surface area (Å²) in [5.41, 5.74) is 1.11. The molecule has 1 atom stereocenters. The number of esters is 1. The van der Waals surface area contributed by atoms with Gasteiger partial charge in [-0.05, 0) is 31.2 Å². The van der Waals surface area contributed by atoms with E-state index in [1.807, 2.05) is 6.07 Å². The number of hydrogen-bond donors (Lipinski definition) is 1. The van der Waals surface area contributed by atoms with E-state index in [1.54, 1.807) is 42.5 Å². The highest BCUT2D eigenvalue weighted by atomic mass is 35.5. The van der Waals surface area contributed by atoms with Crippen LogP contribution in [0.1, 0.15) is 18.1 Å². The molecule has 128 valence electrons. The molecular formula is C18H14Cl2N2O3. The Morgan fingerprint density at radius 1 is 1.16 bits per heavy atom. The predicted molar refractivity (Wildman–Crippen MR) is 95.5 cm³/mol. The number of rotatable bonds is 5. The molecule has 25 heavy (non-hydrogen) atoms. The molecule has 7 heteroatoms. The fourth-order valence-electron chi connectivity index (χ4n) is 2.06. The highest BCUT2D eigenvalue weighted by Gasteiger charge is 2.20. The fraction of sp³-hybridized carbons (Fsp3) is 0.167. The van der Waals surface area contributed by atoms with Crippen LogP contribution in [-0.4, -0.2) is 18.0 Å². The molecule has 0 unspecified atom stereocenters. The van der Waals surface area contributed by atoms with Gasteiger partial charge in [0.1, 0.15) is 6.07 Å². The van der Waals surface area contributed by atoms with Crippen molar-refractivity contribution in [1.82, 2.24) is 0 Å². The summed E-state index contributed by atoms with van der Waals surface area (Å²) in [6.45, 7) is 1.44. The monoisotopic (exact) mass is 376 g/mol. The molecule has 0 aromatic heterocycles. The van der Waals surface area contributed by atoms with Crippen LogP contribution in [0.15, 0.2) is 42.5 Å². The maximum absolute atomic E-state index is 12.2. The summed E-state index contributed by atoms with van der Waals surface area (Å²) in [5, 5.41) is 12.3. The standard InChI is InChI=1S/C18H14Cl2N2O3/c1-11(18(24)22-16-8-3-2-5-12(16)10-21)25-17(23)9-13-14(19)6-4-7-15(13)20/h2-8,11H,9H2,1H3,(H,22,24)/t11-/m1/s1. The van der Waals surface area contributed by atoms with Crippen molar-refractivity contribution in [2.24, 2.45) is 0 Å². The molecule has 1 N–H and O–H groups in total. The van der Waals surface area contributed by atoms with Crippen LogP contribution >= 0.6 is 23.2 Å². The Morgan fingerprint density at radius 3 is 2.44 bits per heavy atom. The lowest BCUT2D eigenvalue weighted by Gasteiger charge is -2.14. The molecule has 0 bridgehead atoms. The van der Waals surface area contributed by atoms with Crippen LogP contribution in [0.2, 0.25) is 10.0 Å². The van der Waals surface area contributed by atoms with E-state index in [4.69, 9.17) is 33.2 Å². The van der Waals surface area contributed by atoms with Crippen LogP contribution in [0.3, 0.4) is 0 Å². The number of benzene rings is 2. The first-order valence-electron chi connectivity index (χ1n) is 7.34. The van der Waals surface area contributed by atoms with Crippen molar-refractivity contribution in [3.63, 3.8) is 0 Å². The maximum atomic E-state index is 12.2. The van der Waals surface area contributed by atoms with Gasteiger partial charge in [0.15, 0.2) is 6.10 Å². The number of nitrogens with one attached hydrogen (secondary N) is 1. The first-order chi connectivity index (χ1) is 11.9. The topological polar surface area (TPSA) is 79.2 Å². The normalized spacial score (nSPS) is 11.3. The van der Waals surface area contributed by atoms with Gasteiger partial charge in [0.2, 0.25) is 0 Å². The minimum atomic E-state index is -1.04. The number of para-hydroxylation sites is 1. The van der Waals surface area contributed by atoms with Crippen LogP contribution in [0.4, 0.5) is 5.69 Å². The van der Waals surface area contributed by atoms with Gasteiger partial charge in [0, 0.05) is 15.6 Å². The number of nitriles is 1. The van der Waals surface area contributed by atoms with Crippen LogP contribution < -0.4 is 5.32 Å². The van der Waals surface area contributed by atoms with Gasteiger partial charge in [-0.25, -0.2) is 0 Å². The molecule has 2 aromatic rings. The Labute approximate surface area is 155 Å². The van der Waals surface area contributed by atoms with Gasteiger partial charge in [0.05, 0.1) is 17.7 Å². The van der Waals surface area contributed by atoms with E-state index in [1.165, 1.54) is 6.92 Å². The number of nitrogens with zero attached hydrogens (tertiary/aromatic N) is 1. The van der Waals surface area contributed by atoms with E-state index in [9.17, 15) is 9.59 Å². The first kappa shape index (κ1) is 18.8. The van der Waals surface area contributed by atoms with Crippen LogP contribution in [0, 0.1) is 11.3 Å². The highest BCUT2D eigenvalue weighted by Crippen LogP contribution is 2.25. The molecule has 2 rings (SSSR count). The molecule has 0 aliphatic heterocycles. The zero-order chi connectivity index (χ0) is 18.4. The van der Waals surface area contributed by atoms with E-state index in [0.717, 1.165) is 0 Å². The second kappa shape index (κ2) is 8.52. The lowest BCUT2D eigenvalue weighted by molar-refractivity contribution is -0.152. The fourth-order valence-corrected chi connectivity index (χ4v) is 2.59. The lowest BCUT2D eigenvalue weighted by atomic mass is 10.1. The SMILES string of the molecule is C[C@@H](OC(=O)Cc1c(Cl)cccc1Cl)C(=O)Nc1ccccc1C#N. The third-order valence-corrected chi connectivity index (χ3v) is 4.07. The molecule has 0 aliphatic carbocycles. The zero-order valence-corrected chi connectivity index (χ0v) is 14.8. The summed E-state index contributed by atoms with van der Waals surface area (Å²) >= 11 is 12.0. The van der Waals surface area contributed by atoms with Gasteiger partial charge in [-0.2, -0.15) is 5.26 Å². The van der Waals surface area contributed by atoms with Crippen molar-refractivity contribution in [2.45, 2.75) is 19.4 Å². The van der Waals surface area contributed by atoms with Gasteiger partial charge in [0.25, 0.3) is 5.91 Å². The number of anilines is 1. The molecule has 0 radical (unpaired) electrons. The highest BCUT2D eigenvalue weighted by molar-refractivity contribution is 6.36. The minimum Gasteiger partial charge on any atom is -0.452 e. The summed E-state index contributed by atoms with van der Waals surface area (Å²) in [6, 6.07) is 13.4. The molecular weight excluding hydrogens is 363 g/mol. The summed E-state index contributed by atoms with van der Waals surface area (Å²) in [4.78, 5) is 24.2. The number of halogens is 2. The lowest BCUT2D eigenvalue weighted by Crippen LogP contribution is -2.30. The average molecular weight is 377 g/mol. The molecule has 5 nitrogen and oxygen atoms in total. The second-order valence-electron chi connectivity index (χ2n) is 5.16. The molecule has 0 aliphatic rings. The Kier molecular flexibility index (Phi) is 6.40. The second-order valence-corrected chi connectivity index (χ2v) is 5.97. The van der Waals surface area contributed by atoms with E-state index in [0.29, 0.717) is 26.9 Å². The minimum absolute atomic E-state index is 0.148. The van der Waals surface area contributed by atoms with Crippen molar-refractivity contribution in [3.8, 4) is 6.07 Å². The molecule has 0 heterocycles. The van der Waals surface area contributed by atoms with Crippen molar-refractivity contribution in [1.29, 1.82) is 5.26 Å². The predicted octanol–water partition coefficient (Wildman–Crippen LogP) is 3.98. The smallest absolute Gasteiger partial charge is 0.311 e. The average Bonchev–Trinajstić information content (AvgIpc) is 2.58. The maximum Gasteiger partial charge on any atom is 0.311 e. The van der Waals surface area contributed by atoms with Gasteiger partial charge in [-0.1, -0.05) is 41.4 Å². The number of hydrogen-bond acceptors (Lipinski definition) is 4. The molecule has 0 fully saturated rings. The number of carbonyl (C=O) groups excluding carboxylic acids is 2. The van der Waals surface area contributed by atoms with Crippen LogP contribution in [0.25, 0.3) is 0 Å². The van der Waals surface area contributed by atoms with E-state index in [-0.39, 0.29) is 6.42 Å². The summed E-state index contributed by atoms with van der Waals surface area (Å²) < 4.78 is 5.12. The number of amides is 1. The van der Waals surface area contributed by atoms with Gasteiger partial charge < -0.3 is 10.1 Å². The van der Waals surface area contributed by atoms with Gasteiger partial charge >= 0.3 is 5.97 Å². The van der Waals surface area contributed by atoms with Gasteiger partial charge in [-0.15, -0.1) is 0 Å². The summed E-state index contributed by atoms with van der Waals surface area (Å²) in [7, 11) is 0. The van der Waals surface area contributed by atoms with Crippen molar-refractivity contribution < 1.29 is 14.3 Å². The Balaban J connectivity index is 1.99. The largest absolute Gasteiger partial charge is 0.452 e. The summed E-state index contributed by atoms with van der Waals surface area (Å²) in [5.74, 6) is -1.17. The number of ether oxygens (including phenoxy) is 1. The molecule has 0 saturated carbocycles. The van der Waals surface area contributed by atoms with E-state index < -0.39 is 18.0 Å². The zero-order valence-electron chi connectivity index (χ0n) is 13.3. The van der Waals surface area contributed by atoms with Crippen LogP contribution in [0.5, 0.6) is 0 Å². The third-order valence-electron chi connectivity index (χ3n) is 3.37. The molecule has 0 spiro atoms. The van der Waals surface area contributed by atoms with Crippen molar-refractivity contribution in [3.05, 3.63) is 63.6 Å². The Hall–Kier alpha value is -2.55. The van der Waals surface area contributed by atoms with Crippen molar-refractivity contribution in [2.75, 3.05) is 5.32 Å². The molecule has 1 amide bonds. The van der Waals surface area contributed by atoms with E-state index >= 15 is 0 Å². The third kappa shape index (κ3) is 4.96. The van der Waals surface area contributed by atoms with Crippen molar-refractivity contribution >= 4 is 40.8 Å². The van der Waals surface area contributed by atoms with Crippen LogP contribution in [-0.2, 0) is 20.7 Å². The molecule has 2 aromatic carbocycles. The Bertz CT molecular complexity index is 826. The Morgan fingerprint density at radius 2 is 1.80 bits per heavy atom. The van der Waals surface area contributed by atoms with Gasteiger partial charge in [-0.3, -0.25) is 9.59 Å².